The molecule has 0 bridgehead atoms. The van der Waals surface area contributed by atoms with E-state index in [0.29, 0.717) is 6.04 Å². The topological polar surface area (TPSA) is 38.0 Å². The second kappa shape index (κ2) is 4.63. The fourth-order valence-electron chi connectivity index (χ4n) is 1.04. The van der Waals surface area contributed by atoms with Crippen molar-refractivity contribution in [2.75, 3.05) is 5.73 Å². The van der Waals surface area contributed by atoms with Crippen molar-refractivity contribution in [2.45, 2.75) is 26.4 Å². The maximum Gasteiger partial charge on any atom is 0.0318 e. The highest BCUT2D eigenvalue weighted by Gasteiger charge is 2.00. The van der Waals surface area contributed by atoms with Crippen molar-refractivity contribution in [1.82, 2.24) is 5.32 Å². The number of rotatable bonds is 3. The molecule has 0 aliphatic rings. The molecule has 0 aliphatic carbocycles. The van der Waals surface area contributed by atoms with Gasteiger partial charge in [0.2, 0.25) is 0 Å². The lowest BCUT2D eigenvalue weighted by molar-refractivity contribution is 0.588. The number of nitrogens with two attached hydrogens (primary N) is 1. The molecule has 1 aromatic rings. The van der Waals surface area contributed by atoms with Crippen molar-refractivity contribution >= 4 is 21.6 Å². The molecular weight excluding hydrogens is 228 g/mol. The standard InChI is InChI=1S/C10H15BrN2/c1-7(2)13-6-8-5-9(12)3-4-10(8)11/h3-5,7,13H,6,12H2,1-2H3. The Morgan fingerprint density at radius 2 is 2.15 bits per heavy atom. The first-order valence-electron chi connectivity index (χ1n) is 4.37. The molecule has 0 atom stereocenters. The lowest BCUT2D eigenvalue weighted by Gasteiger charge is -2.10. The van der Waals surface area contributed by atoms with Crippen LogP contribution < -0.4 is 11.1 Å². The molecule has 0 aromatic heterocycles. The first kappa shape index (κ1) is 10.5. The van der Waals surface area contributed by atoms with Crippen LogP contribution in [0.25, 0.3) is 0 Å². The Balaban J connectivity index is 2.70. The third kappa shape index (κ3) is 3.36. The van der Waals surface area contributed by atoms with Crippen molar-refractivity contribution in [3.63, 3.8) is 0 Å². The van der Waals surface area contributed by atoms with E-state index in [9.17, 15) is 0 Å². The average Bonchev–Trinajstić information content (AvgIpc) is 2.06. The van der Waals surface area contributed by atoms with Gasteiger partial charge >= 0.3 is 0 Å². The molecule has 0 spiro atoms. The predicted molar refractivity (Wildman–Crippen MR) is 60.5 cm³/mol. The summed E-state index contributed by atoms with van der Waals surface area (Å²) in [6.07, 6.45) is 0. The minimum absolute atomic E-state index is 0.494. The van der Waals surface area contributed by atoms with Gasteiger partial charge in [0.15, 0.2) is 0 Å². The van der Waals surface area contributed by atoms with Crippen LogP contribution in [0.2, 0.25) is 0 Å². The van der Waals surface area contributed by atoms with Crippen molar-refractivity contribution in [3.8, 4) is 0 Å². The molecule has 1 rings (SSSR count). The summed E-state index contributed by atoms with van der Waals surface area (Å²) in [6.45, 7) is 5.10. The van der Waals surface area contributed by atoms with Gasteiger partial charge in [-0.05, 0) is 23.8 Å². The monoisotopic (exact) mass is 242 g/mol. The maximum atomic E-state index is 5.69. The fourth-order valence-corrected chi connectivity index (χ4v) is 1.43. The van der Waals surface area contributed by atoms with Crippen LogP contribution in [0.15, 0.2) is 22.7 Å². The van der Waals surface area contributed by atoms with Crippen molar-refractivity contribution < 1.29 is 0 Å². The molecule has 0 saturated heterocycles. The summed E-state index contributed by atoms with van der Waals surface area (Å²) in [6, 6.07) is 6.35. The second-order valence-electron chi connectivity index (χ2n) is 3.39. The van der Waals surface area contributed by atoms with Gasteiger partial charge in [0.1, 0.15) is 0 Å². The quantitative estimate of drug-likeness (QED) is 0.800. The van der Waals surface area contributed by atoms with Gasteiger partial charge < -0.3 is 11.1 Å². The largest absolute Gasteiger partial charge is 0.399 e. The highest BCUT2D eigenvalue weighted by molar-refractivity contribution is 9.10. The fraction of sp³-hybridized carbons (Fsp3) is 0.400. The minimum atomic E-state index is 0.494. The van der Waals surface area contributed by atoms with E-state index < -0.39 is 0 Å². The minimum Gasteiger partial charge on any atom is -0.399 e. The van der Waals surface area contributed by atoms with E-state index in [2.05, 4.69) is 35.1 Å². The Morgan fingerprint density at radius 3 is 2.77 bits per heavy atom. The Morgan fingerprint density at radius 1 is 1.46 bits per heavy atom. The van der Waals surface area contributed by atoms with Crippen molar-refractivity contribution in [3.05, 3.63) is 28.2 Å². The van der Waals surface area contributed by atoms with Crippen LogP contribution in [0.1, 0.15) is 19.4 Å². The Kier molecular flexibility index (Phi) is 3.75. The summed E-state index contributed by atoms with van der Waals surface area (Å²) in [4.78, 5) is 0. The molecule has 3 N–H and O–H groups in total. The van der Waals surface area contributed by atoms with Crippen LogP contribution in [0.4, 0.5) is 5.69 Å². The van der Waals surface area contributed by atoms with E-state index in [1.807, 2.05) is 18.2 Å². The van der Waals surface area contributed by atoms with Gasteiger partial charge in [-0.1, -0.05) is 29.8 Å². The van der Waals surface area contributed by atoms with Gasteiger partial charge in [-0.3, -0.25) is 0 Å². The normalized spacial score (nSPS) is 10.8. The lowest BCUT2D eigenvalue weighted by Crippen LogP contribution is -2.22. The Hall–Kier alpha value is -0.540. The molecular formula is C10H15BrN2. The van der Waals surface area contributed by atoms with Crippen LogP contribution in [0, 0.1) is 0 Å². The van der Waals surface area contributed by atoms with Crippen LogP contribution in [0.5, 0.6) is 0 Å². The van der Waals surface area contributed by atoms with Gasteiger partial charge in [0.05, 0.1) is 0 Å². The van der Waals surface area contributed by atoms with E-state index >= 15 is 0 Å². The summed E-state index contributed by atoms with van der Waals surface area (Å²) in [7, 11) is 0. The van der Waals surface area contributed by atoms with Gasteiger partial charge in [-0.25, -0.2) is 0 Å². The number of hydrogen-bond acceptors (Lipinski definition) is 2. The highest BCUT2D eigenvalue weighted by atomic mass is 79.9. The molecule has 0 unspecified atom stereocenters. The molecule has 0 radical (unpaired) electrons. The number of nitrogens with one attached hydrogen (secondary N) is 1. The van der Waals surface area contributed by atoms with E-state index in [1.165, 1.54) is 5.56 Å². The summed E-state index contributed by atoms with van der Waals surface area (Å²) in [5.74, 6) is 0. The molecule has 3 heteroatoms. The molecule has 0 fully saturated rings. The van der Waals surface area contributed by atoms with Crippen molar-refractivity contribution in [2.24, 2.45) is 0 Å². The number of anilines is 1. The Labute approximate surface area is 87.6 Å². The molecule has 0 amide bonds. The molecule has 0 aliphatic heterocycles. The predicted octanol–water partition coefficient (Wildman–Crippen LogP) is 2.53. The summed E-state index contributed by atoms with van der Waals surface area (Å²) in [5, 5.41) is 3.34. The van der Waals surface area contributed by atoms with Crippen LogP contribution in [-0.2, 0) is 6.54 Å². The molecule has 2 nitrogen and oxygen atoms in total. The molecule has 72 valence electrons. The SMILES string of the molecule is CC(C)NCc1cc(N)ccc1Br. The van der Waals surface area contributed by atoms with E-state index in [4.69, 9.17) is 5.73 Å². The number of halogens is 1. The highest BCUT2D eigenvalue weighted by Crippen LogP contribution is 2.19. The smallest absolute Gasteiger partial charge is 0.0318 e. The lowest BCUT2D eigenvalue weighted by atomic mass is 10.2. The zero-order valence-electron chi connectivity index (χ0n) is 7.97. The summed E-state index contributed by atoms with van der Waals surface area (Å²) < 4.78 is 1.11. The summed E-state index contributed by atoms with van der Waals surface area (Å²) >= 11 is 3.48. The van der Waals surface area contributed by atoms with Crippen LogP contribution in [0.3, 0.4) is 0 Å². The number of nitrogen functional groups attached to an aromatic ring is 1. The second-order valence-corrected chi connectivity index (χ2v) is 4.24. The van der Waals surface area contributed by atoms with Gasteiger partial charge in [-0.15, -0.1) is 0 Å². The van der Waals surface area contributed by atoms with Gasteiger partial charge in [0.25, 0.3) is 0 Å². The Bertz CT molecular complexity index is 284. The van der Waals surface area contributed by atoms with E-state index in [0.717, 1.165) is 16.7 Å². The van der Waals surface area contributed by atoms with Crippen LogP contribution >= 0.6 is 15.9 Å². The number of hydrogen-bond donors (Lipinski definition) is 2. The first-order chi connectivity index (χ1) is 6.09. The molecule has 0 saturated carbocycles. The number of benzene rings is 1. The summed E-state index contributed by atoms with van der Waals surface area (Å²) in [5.41, 5.74) is 7.70. The molecule has 13 heavy (non-hydrogen) atoms. The van der Waals surface area contributed by atoms with E-state index in [-0.39, 0.29) is 0 Å². The zero-order valence-corrected chi connectivity index (χ0v) is 9.56. The first-order valence-corrected chi connectivity index (χ1v) is 5.16. The average molecular weight is 243 g/mol. The van der Waals surface area contributed by atoms with Gasteiger partial charge in [0, 0.05) is 22.7 Å². The van der Waals surface area contributed by atoms with Crippen LogP contribution in [-0.4, -0.2) is 6.04 Å². The van der Waals surface area contributed by atoms with Gasteiger partial charge in [-0.2, -0.15) is 0 Å². The third-order valence-electron chi connectivity index (χ3n) is 1.77. The maximum absolute atomic E-state index is 5.69. The third-order valence-corrected chi connectivity index (χ3v) is 2.54. The van der Waals surface area contributed by atoms with Crippen molar-refractivity contribution in [1.29, 1.82) is 0 Å². The zero-order chi connectivity index (χ0) is 9.84. The molecule has 0 heterocycles. The van der Waals surface area contributed by atoms with E-state index in [1.54, 1.807) is 0 Å². The molecule has 1 aromatic carbocycles.